The average Bonchev–Trinajstić information content (AvgIpc) is 3.34. The highest BCUT2D eigenvalue weighted by atomic mass is 16.5. The summed E-state index contributed by atoms with van der Waals surface area (Å²) < 4.78 is 54.6. The number of nitrogens with two attached hydrogens (primary N) is 1. The molecule has 0 unspecified atom stereocenters. The minimum absolute atomic E-state index is 0.102. The number of morpholine rings is 2. The van der Waals surface area contributed by atoms with Gasteiger partial charge in [-0.15, -0.1) is 0 Å². The standard InChI is InChI=1S/C23H36N2O6.C13H18O5.C10H20N2O2/c1-4-5-10-31-21-19(27-2)15-18(16-20(21)28-3)22(26)24-17-23(6-11-29-12-7-23)25-8-13-30-14-9-25;1-4-5-6-18-12-10(16-2)7-9(13(14)15)8-11(12)17-3;11-9-10(1-5-13-6-2-10)12-3-7-14-8-4-12/h15-16H,4-14,17H2,1-3H3,(H,24,26);7-8H,4-6H2,1-3H3,(H,14,15);1-9,11H2. The van der Waals surface area contributed by atoms with Crippen LogP contribution in [0.5, 0.6) is 34.5 Å². The Balaban J connectivity index is 0.000000229. The average molecular weight is 891 g/mol. The molecule has 17 nitrogen and oxygen atoms in total. The van der Waals surface area contributed by atoms with Gasteiger partial charge in [0, 0.05) is 82.3 Å². The van der Waals surface area contributed by atoms with Crippen molar-refractivity contribution in [2.75, 3.05) is 134 Å². The van der Waals surface area contributed by atoms with Crippen molar-refractivity contribution in [2.45, 2.75) is 76.3 Å². The summed E-state index contributed by atoms with van der Waals surface area (Å²) in [5, 5.41) is 12.1. The van der Waals surface area contributed by atoms with Gasteiger partial charge in [0.2, 0.25) is 11.5 Å². The van der Waals surface area contributed by atoms with Gasteiger partial charge in [-0.2, -0.15) is 0 Å². The zero-order valence-electron chi connectivity index (χ0n) is 38.6. The van der Waals surface area contributed by atoms with Crippen LogP contribution in [0.2, 0.25) is 0 Å². The molecule has 0 saturated carbocycles. The van der Waals surface area contributed by atoms with E-state index in [1.54, 1.807) is 26.4 Å². The maximum Gasteiger partial charge on any atom is 0.335 e. The van der Waals surface area contributed by atoms with Crippen LogP contribution >= 0.6 is 0 Å². The third-order valence-electron chi connectivity index (χ3n) is 12.1. The summed E-state index contributed by atoms with van der Waals surface area (Å²) in [6, 6.07) is 6.27. The number of rotatable bonds is 19. The number of ether oxygens (including phenoxy) is 10. The molecule has 0 aromatic heterocycles. The van der Waals surface area contributed by atoms with Crippen LogP contribution < -0.4 is 39.5 Å². The zero-order valence-corrected chi connectivity index (χ0v) is 38.6. The van der Waals surface area contributed by atoms with Gasteiger partial charge in [0.25, 0.3) is 5.91 Å². The SMILES string of the molecule is CCCCOc1c(OC)cc(C(=O)NCC2(N3CCOCC3)CCOCC2)cc1OC.CCCCOc1c(OC)cc(C(=O)O)cc1OC.NCC1(N2CCOCC2)CCOCC1. The molecule has 0 atom stereocenters. The second kappa shape index (κ2) is 27.3. The number of carboxylic acid groups (broad SMARTS) is 1. The lowest BCUT2D eigenvalue weighted by Gasteiger charge is -2.47. The van der Waals surface area contributed by atoms with Crippen LogP contribution in [0.4, 0.5) is 0 Å². The molecule has 0 spiro atoms. The minimum Gasteiger partial charge on any atom is -0.493 e. The number of amides is 1. The maximum absolute atomic E-state index is 13.1. The molecule has 0 bridgehead atoms. The number of nitrogens with one attached hydrogen (secondary N) is 1. The quantitative estimate of drug-likeness (QED) is 0.161. The number of unbranched alkanes of at least 4 members (excludes halogenated alkanes) is 2. The predicted molar refractivity (Wildman–Crippen MR) is 239 cm³/mol. The Morgan fingerprint density at radius 2 is 0.984 bits per heavy atom. The number of methoxy groups -OCH3 is 4. The third kappa shape index (κ3) is 14.7. The predicted octanol–water partition coefficient (Wildman–Crippen LogP) is 4.90. The van der Waals surface area contributed by atoms with E-state index in [2.05, 4.69) is 29.0 Å². The van der Waals surface area contributed by atoms with E-state index in [-0.39, 0.29) is 22.5 Å². The van der Waals surface area contributed by atoms with Crippen molar-refractivity contribution in [1.29, 1.82) is 0 Å². The molecule has 4 heterocycles. The highest BCUT2D eigenvalue weighted by Gasteiger charge is 2.40. The molecule has 17 heteroatoms. The minimum atomic E-state index is -1.04. The first-order valence-electron chi connectivity index (χ1n) is 22.4. The van der Waals surface area contributed by atoms with Crippen molar-refractivity contribution < 1.29 is 62.1 Å². The van der Waals surface area contributed by atoms with Gasteiger partial charge >= 0.3 is 5.97 Å². The van der Waals surface area contributed by atoms with Crippen molar-refractivity contribution >= 4 is 11.9 Å². The molecule has 63 heavy (non-hydrogen) atoms. The summed E-state index contributed by atoms with van der Waals surface area (Å²) in [7, 11) is 6.07. The highest BCUT2D eigenvalue weighted by molar-refractivity contribution is 5.95. The van der Waals surface area contributed by atoms with Gasteiger partial charge in [-0.3, -0.25) is 14.6 Å². The molecule has 4 saturated heterocycles. The Labute approximate surface area is 374 Å². The maximum atomic E-state index is 13.1. The van der Waals surface area contributed by atoms with E-state index >= 15 is 0 Å². The van der Waals surface area contributed by atoms with Crippen LogP contribution in [0.1, 0.15) is 85.9 Å². The summed E-state index contributed by atoms with van der Waals surface area (Å²) in [6.07, 6.45) is 7.81. The van der Waals surface area contributed by atoms with Gasteiger partial charge in [-0.25, -0.2) is 4.79 Å². The van der Waals surface area contributed by atoms with Crippen LogP contribution in [0.15, 0.2) is 24.3 Å². The van der Waals surface area contributed by atoms with Gasteiger partial charge in [-0.05, 0) is 62.8 Å². The molecule has 2 aromatic rings. The summed E-state index contributed by atoms with van der Waals surface area (Å²) in [6.45, 7) is 16.7. The van der Waals surface area contributed by atoms with E-state index < -0.39 is 5.97 Å². The molecular formula is C46H74N4O13. The lowest BCUT2D eigenvalue weighted by Crippen LogP contribution is -2.61. The van der Waals surface area contributed by atoms with Crippen LogP contribution in [-0.2, 0) is 18.9 Å². The fraction of sp³-hybridized carbons (Fsp3) is 0.696. The molecule has 4 N–H and O–H groups in total. The number of aromatic carboxylic acids is 1. The molecule has 0 radical (unpaired) electrons. The Morgan fingerprint density at radius 3 is 1.35 bits per heavy atom. The van der Waals surface area contributed by atoms with Crippen molar-refractivity contribution in [3.8, 4) is 34.5 Å². The number of hydrogen-bond acceptors (Lipinski definition) is 15. The van der Waals surface area contributed by atoms with Gasteiger partial charge < -0.3 is 63.5 Å². The smallest absolute Gasteiger partial charge is 0.335 e. The molecular weight excluding hydrogens is 817 g/mol. The number of hydrogen-bond donors (Lipinski definition) is 3. The van der Waals surface area contributed by atoms with Crippen molar-refractivity contribution in [3.05, 3.63) is 35.4 Å². The number of benzene rings is 2. The molecule has 356 valence electrons. The van der Waals surface area contributed by atoms with Gasteiger partial charge in [0.05, 0.1) is 73.6 Å². The molecule has 2 aromatic carbocycles. The van der Waals surface area contributed by atoms with Gasteiger partial charge in [0.15, 0.2) is 23.0 Å². The van der Waals surface area contributed by atoms with Crippen LogP contribution in [-0.4, -0.2) is 172 Å². The Hall–Kier alpha value is -4.10. The van der Waals surface area contributed by atoms with Crippen LogP contribution in [0.3, 0.4) is 0 Å². The van der Waals surface area contributed by atoms with Crippen molar-refractivity contribution in [2.24, 2.45) is 5.73 Å². The van der Waals surface area contributed by atoms with E-state index in [1.807, 2.05) is 0 Å². The molecule has 1 amide bonds. The first kappa shape index (κ1) is 51.5. The van der Waals surface area contributed by atoms with E-state index in [9.17, 15) is 9.59 Å². The van der Waals surface area contributed by atoms with Crippen LogP contribution in [0, 0.1) is 0 Å². The Morgan fingerprint density at radius 1 is 0.619 bits per heavy atom. The lowest BCUT2D eigenvalue weighted by molar-refractivity contribution is -0.0693. The van der Waals surface area contributed by atoms with E-state index in [1.165, 1.54) is 26.4 Å². The fourth-order valence-corrected chi connectivity index (χ4v) is 8.12. The summed E-state index contributed by atoms with van der Waals surface area (Å²) in [5.74, 6) is 1.50. The number of carbonyl (C=O) groups excluding carboxylic acids is 1. The first-order valence-corrected chi connectivity index (χ1v) is 22.4. The van der Waals surface area contributed by atoms with Crippen molar-refractivity contribution in [3.63, 3.8) is 0 Å². The zero-order chi connectivity index (χ0) is 45.5. The van der Waals surface area contributed by atoms with E-state index in [0.29, 0.717) is 73.0 Å². The summed E-state index contributed by atoms with van der Waals surface area (Å²) >= 11 is 0. The largest absolute Gasteiger partial charge is 0.493 e. The second-order valence-corrected chi connectivity index (χ2v) is 15.9. The second-order valence-electron chi connectivity index (χ2n) is 15.9. The lowest BCUT2D eigenvalue weighted by atomic mass is 9.87. The topological polar surface area (TPSA) is 191 Å². The van der Waals surface area contributed by atoms with Gasteiger partial charge in [-0.1, -0.05) is 26.7 Å². The van der Waals surface area contributed by atoms with E-state index in [4.69, 9.17) is 58.2 Å². The normalized spacial score (nSPS) is 18.6. The summed E-state index contributed by atoms with van der Waals surface area (Å²) in [4.78, 5) is 29.0. The molecule has 4 aliphatic rings. The molecule has 6 rings (SSSR count). The van der Waals surface area contributed by atoms with E-state index in [0.717, 1.165) is 124 Å². The number of carboxylic acids is 1. The first-order chi connectivity index (χ1) is 30.6. The number of nitrogens with zero attached hydrogens (tertiary/aromatic N) is 2. The molecule has 4 aliphatic heterocycles. The van der Waals surface area contributed by atoms with Gasteiger partial charge in [0.1, 0.15) is 0 Å². The van der Waals surface area contributed by atoms with Crippen LogP contribution in [0.25, 0.3) is 0 Å². The molecule has 0 aliphatic carbocycles. The third-order valence-corrected chi connectivity index (χ3v) is 12.1. The Bertz CT molecular complexity index is 1610. The summed E-state index contributed by atoms with van der Waals surface area (Å²) in [5.41, 5.74) is 6.62. The highest BCUT2D eigenvalue weighted by Crippen LogP contribution is 2.40. The fourth-order valence-electron chi connectivity index (χ4n) is 8.12. The molecule has 4 fully saturated rings. The monoisotopic (exact) mass is 891 g/mol. The number of carbonyl (C=O) groups is 2. The van der Waals surface area contributed by atoms with Crippen molar-refractivity contribution in [1.82, 2.24) is 15.1 Å². The Kier molecular flexibility index (Phi) is 22.3.